The minimum absolute atomic E-state index is 0.0821. The molecule has 108 valence electrons. The second kappa shape index (κ2) is 6.10. The van der Waals surface area contributed by atoms with Crippen molar-refractivity contribution in [2.45, 2.75) is 18.9 Å². The molecule has 1 amide bonds. The van der Waals surface area contributed by atoms with Crippen LogP contribution in [0.5, 0.6) is 5.75 Å². The molecule has 1 aromatic heterocycles. The lowest BCUT2D eigenvalue weighted by Gasteiger charge is -2.24. The Morgan fingerprint density at radius 1 is 1.29 bits per heavy atom. The molecule has 0 saturated heterocycles. The number of carbonyl (C=O) groups is 2. The highest BCUT2D eigenvalue weighted by Gasteiger charge is 2.29. The molecule has 0 radical (unpaired) electrons. The third-order valence-electron chi connectivity index (χ3n) is 3.39. The summed E-state index contributed by atoms with van der Waals surface area (Å²) in [6.45, 7) is 0.195. The first-order valence-corrected chi connectivity index (χ1v) is 7.70. The van der Waals surface area contributed by atoms with Gasteiger partial charge < -0.3 is 10.1 Å². The van der Waals surface area contributed by atoms with E-state index in [0.29, 0.717) is 24.2 Å². The molecule has 0 aliphatic carbocycles. The third-order valence-corrected chi connectivity index (χ3v) is 4.32. The number of carbonyl (C=O) groups excluding carboxylic acids is 2. The van der Waals surface area contributed by atoms with Gasteiger partial charge in [-0.05, 0) is 30.0 Å². The normalized spacial score (nSPS) is 17.0. The lowest BCUT2D eigenvalue weighted by Crippen LogP contribution is -2.47. The smallest absolute Gasteiger partial charge is 0.221 e. The van der Waals surface area contributed by atoms with Gasteiger partial charge in [-0.25, -0.2) is 0 Å². The molecule has 1 aromatic carbocycles. The molecule has 1 atom stereocenters. The summed E-state index contributed by atoms with van der Waals surface area (Å²) in [5, 5.41) is 4.75. The number of rotatable bonds is 4. The molecule has 3 rings (SSSR count). The molecule has 2 heterocycles. The number of aryl methyl sites for hydroxylation is 1. The Kier molecular flexibility index (Phi) is 4.01. The van der Waals surface area contributed by atoms with Gasteiger partial charge in [0.15, 0.2) is 5.78 Å². The highest BCUT2D eigenvalue weighted by atomic mass is 32.1. The Morgan fingerprint density at radius 2 is 2.14 bits per heavy atom. The van der Waals surface area contributed by atoms with Gasteiger partial charge in [0.2, 0.25) is 5.91 Å². The zero-order chi connectivity index (χ0) is 14.7. The van der Waals surface area contributed by atoms with Crippen molar-refractivity contribution in [2.75, 3.05) is 6.61 Å². The maximum absolute atomic E-state index is 12.3. The van der Waals surface area contributed by atoms with Crippen LogP contribution in [0, 0.1) is 0 Å². The standard InChI is InChI=1S/C16H15NO3S/c18-15(8-7-11-4-3-9-21-11)17-13-10-20-14-6-2-1-5-12(14)16(13)19/h1-6,9,13H,7-8,10H2,(H,17,18). The zero-order valence-electron chi connectivity index (χ0n) is 11.4. The Bertz CT molecular complexity index is 651. The molecule has 0 saturated carbocycles. The number of thiophene rings is 1. The van der Waals surface area contributed by atoms with Crippen LogP contribution in [-0.4, -0.2) is 24.3 Å². The highest BCUT2D eigenvalue weighted by molar-refractivity contribution is 7.09. The van der Waals surface area contributed by atoms with Gasteiger partial charge in [0.05, 0.1) is 5.56 Å². The minimum atomic E-state index is -0.587. The van der Waals surface area contributed by atoms with Crippen LogP contribution in [0.4, 0.5) is 0 Å². The van der Waals surface area contributed by atoms with E-state index in [4.69, 9.17) is 4.74 Å². The predicted molar refractivity (Wildman–Crippen MR) is 80.8 cm³/mol. The average Bonchev–Trinajstić information content (AvgIpc) is 3.02. The molecular weight excluding hydrogens is 286 g/mol. The van der Waals surface area contributed by atoms with Crippen LogP contribution in [-0.2, 0) is 11.2 Å². The van der Waals surface area contributed by atoms with Crippen molar-refractivity contribution in [1.82, 2.24) is 5.32 Å². The third kappa shape index (κ3) is 3.13. The van der Waals surface area contributed by atoms with Crippen molar-refractivity contribution < 1.29 is 14.3 Å². The molecule has 0 bridgehead atoms. The van der Waals surface area contributed by atoms with Gasteiger partial charge in [0, 0.05) is 11.3 Å². The van der Waals surface area contributed by atoms with E-state index in [1.54, 1.807) is 29.5 Å². The summed E-state index contributed by atoms with van der Waals surface area (Å²) in [7, 11) is 0. The quantitative estimate of drug-likeness (QED) is 0.943. The fourth-order valence-corrected chi connectivity index (χ4v) is 3.01. The molecule has 5 heteroatoms. The molecular formula is C16H15NO3S. The van der Waals surface area contributed by atoms with E-state index in [1.807, 2.05) is 23.6 Å². The van der Waals surface area contributed by atoms with Crippen LogP contribution in [0.15, 0.2) is 41.8 Å². The maximum Gasteiger partial charge on any atom is 0.221 e. The number of fused-ring (bicyclic) bond motifs is 1. The van der Waals surface area contributed by atoms with Crippen LogP contribution in [0.2, 0.25) is 0 Å². The van der Waals surface area contributed by atoms with E-state index in [9.17, 15) is 9.59 Å². The van der Waals surface area contributed by atoms with Crippen molar-refractivity contribution >= 4 is 23.0 Å². The summed E-state index contributed by atoms with van der Waals surface area (Å²) in [6, 6.07) is 10.5. The Labute approximate surface area is 126 Å². The topological polar surface area (TPSA) is 55.4 Å². The number of nitrogens with one attached hydrogen (secondary N) is 1. The van der Waals surface area contributed by atoms with E-state index in [1.165, 1.54) is 4.88 Å². The first-order chi connectivity index (χ1) is 10.2. The second-order valence-electron chi connectivity index (χ2n) is 4.87. The Balaban J connectivity index is 1.58. The maximum atomic E-state index is 12.3. The van der Waals surface area contributed by atoms with Crippen molar-refractivity contribution in [2.24, 2.45) is 0 Å². The monoisotopic (exact) mass is 301 g/mol. The van der Waals surface area contributed by atoms with Gasteiger partial charge in [0.1, 0.15) is 18.4 Å². The lowest BCUT2D eigenvalue weighted by atomic mass is 10.0. The number of hydrogen-bond acceptors (Lipinski definition) is 4. The molecule has 1 unspecified atom stereocenters. The Morgan fingerprint density at radius 3 is 2.95 bits per heavy atom. The van der Waals surface area contributed by atoms with Gasteiger partial charge in [-0.15, -0.1) is 11.3 Å². The predicted octanol–water partition coefficient (Wildman–Crippen LogP) is 2.44. The van der Waals surface area contributed by atoms with E-state index >= 15 is 0 Å². The molecule has 4 nitrogen and oxygen atoms in total. The van der Waals surface area contributed by atoms with Crippen LogP contribution >= 0.6 is 11.3 Å². The summed E-state index contributed by atoms with van der Waals surface area (Å²) in [5.41, 5.74) is 0.535. The molecule has 1 aliphatic heterocycles. The SMILES string of the molecule is O=C(CCc1cccs1)NC1COc2ccccc2C1=O. The van der Waals surface area contributed by atoms with E-state index in [2.05, 4.69) is 5.32 Å². The number of Topliss-reactive ketones (excluding diaryl/α,β-unsaturated/α-hetero) is 1. The summed E-state index contributed by atoms with van der Waals surface area (Å²) in [6.07, 6.45) is 1.08. The number of ether oxygens (including phenoxy) is 1. The van der Waals surface area contributed by atoms with Crippen LogP contribution < -0.4 is 10.1 Å². The van der Waals surface area contributed by atoms with Crippen LogP contribution in [0.3, 0.4) is 0 Å². The first kappa shape index (κ1) is 13.8. The van der Waals surface area contributed by atoms with Crippen LogP contribution in [0.1, 0.15) is 21.7 Å². The molecule has 1 aliphatic rings. The van der Waals surface area contributed by atoms with Crippen molar-refractivity contribution in [1.29, 1.82) is 0 Å². The van der Waals surface area contributed by atoms with Gasteiger partial charge in [-0.2, -0.15) is 0 Å². The van der Waals surface area contributed by atoms with Crippen LogP contribution in [0.25, 0.3) is 0 Å². The zero-order valence-corrected chi connectivity index (χ0v) is 12.2. The van der Waals surface area contributed by atoms with Crippen molar-refractivity contribution in [3.63, 3.8) is 0 Å². The second-order valence-corrected chi connectivity index (χ2v) is 5.90. The number of benzene rings is 1. The summed E-state index contributed by atoms with van der Waals surface area (Å²) >= 11 is 1.63. The lowest BCUT2D eigenvalue weighted by molar-refractivity contribution is -0.121. The number of para-hydroxylation sites is 1. The van der Waals surface area contributed by atoms with Crippen molar-refractivity contribution in [3.8, 4) is 5.75 Å². The fraction of sp³-hybridized carbons (Fsp3) is 0.250. The average molecular weight is 301 g/mol. The molecule has 21 heavy (non-hydrogen) atoms. The minimum Gasteiger partial charge on any atom is -0.490 e. The number of ketones is 1. The first-order valence-electron chi connectivity index (χ1n) is 6.82. The highest BCUT2D eigenvalue weighted by Crippen LogP contribution is 2.24. The summed E-state index contributed by atoms with van der Waals surface area (Å²) in [4.78, 5) is 25.4. The van der Waals surface area contributed by atoms with Gasteiger partial charge in [0.25, 0.3) is 0 Å². The van der Waals surface area contributed by atoms with Gasteiger partial charge >= 0.3 is 0 Å². The summed E-state index contributed by atoms with van der Waals surface area (Å²) < 4.78 is 5.52. The van der Waals surface area contributed by atoms with Gasteiger partial charge in [-0.3, -0.25) is 9.59 Å². The number of hydrogen-bond donors (Lipinski definition) is 1. The largest absolute Gasteiger partial charge is 0.490 e. The van der Waals surface area contributed by atoms with Gasteiger partial charge in [-0.1, -0.05) is 18.2 Å². The Hall–Kier alpha value is -2.14. The molecule has 2 aromatic rings. The molecule has 0 spiro atoms. The summed E-state index contributed by atoms with van der Waals surface area (Å²) in [5.74, 6) is 0.387. The van der Waals surface area contributed by atoms with E-state index < -0.39 is 6.04 Å². The molecule has 0 fully saturated rings. The molecule has 1 N–H and O–H groups in total. The van der Waals surface area contributed by atoms with E-state index in [0.717, 1.165) is 0 Å². The fourth-order valence-electron chi connectivity index (χ4n) is 2.30. The van der Waals surface area contributed by atoms with Crippen molar-refractivity contribution in [3.05, 3.63) is 52.2 Å². The number of amides is 1. The van der Waals surface area contributed by atoms with E-state index in [-0.39, 0.29) is 18.3 Å².